The molecule has 8 nitrogen and oxygen atoms in total. The summed E-state index contributed by atoms with van der Waals surface area (Å²) in [7, 11) is -8.11. The molecular formula is C21H19NO7S2. The Labute approximate surface area is 180 Å². The van der Waals surface area contributed by atoms with Crippen LogP contribution in [0.15, 0.2) is 76.5 Å². The standard InChI is InChI=1S/C21H19NO7S2/c1-15-3-8-19(9-4-15)30(25,26)14-17-13-18(7-12-21(17)22(23)24)29-31(27,28)20-10-5-16(2)6-11-20/h3-13H,14H2,1-2H3. The molecule has 0 aliphatic rings. The molecule has 0 N–H and O–H groups in total. The second kappa shape index (κ2) is 8.48. The summed E-state index contributed by atoms with van der Waals surface area (Å²) in [6, 6.07) is 15.2. The van der Waals surface area contributed by atoms with Crippen molar-refractivity contribution in [3.8, 4) is 5.75 Å². The normalized spacial score (nSPS) is 11.8. The first-order chi connectivity index (χ1) is 14.5. The van der Waals surface area contributed by atoms with Crippen molar-refractivity contribution in [3.05, 3.63) is 93.5 Å². The molecule has 0 aromatic heterocycles. The molecule has 0 spiro atoms. The van der Waals surface area contributed by atoms with Crippen molar-refractivity contribution in [2.45, 2.75) is 29.4 Å². The highest BCUT2D eigenvalue weighted by atomic mass is 32.2. The van der Waals surface area contributed by atoms with Crippen LogP contribution in [-0.2, 0) is 25.7 Å². The van der Waals surface area contributed by atoms with Crippen LogP contribution in [0.3, 0.4) is 0 Å². The van der Waals surface area contributed by atoms with E-state index < -0.39 is 36.3 Å². The average molecular weight is 462 g/mol. The molecule has 0 saturated carbocycles. The van der Waals surface area contributed by atoms with Crippen LogP contribution in [-0.4, -0.2) is 21.8 Å². The van der Waals surface area contributed by atoms with Crippen LogP contribution >= 0.6 is 0 Å². The van der Waals surface area contributed by atoms with E-state index in [1.165, 1.54) is 24.3 Å². The number of nitro groups is 1. The zero-order valence-corrected chi connectivity index (χ0v) is 18.3. The van der Waals surface area contributed by atoms with Crippen molar-refractivity contribution < 1.29 is 25.9 Å². The fourth-order valence-corrected chi connectivity index (χ4v) is 5.10. The first-order valence-corrected chi connectivity index (χ1v) is 12.1. The molecule has 31 heavy (non-hydrogen) atoms. The summed E-state index contributed by atoms with van der Waals surface area (Å²) >= 11 is 0. The summed E-state index contributed by atoms with van der Waals surface area (Å²) in [4.78, 5) is 10.6. The number of hydrogen-bond acceptors (Lipinski definition) is 7. The largest absolute Gasteiger partial charge is 0.379 e. The van der Waals surface area contributed by atoms with Crippen LogP contribution in [0.1, 0.15) is 16.7 Å². The number of aryl methyl sites for hydroxylation is 2. The minimum Gasteiger partial charge on any atom is -0.379 e. The molecule has 0 saturated heterocycles. The Balaban J connectivity index is 1.97. The van der Waals surface area contributed by atoms with E-state index >= 15 is 0 Å². The van der Waals surface area contributed by atoms with Gasteiger partial charge >= 0.3 is 10.1 Å². The summed E-state index contributed by atoms with van der Waals surface area (Å²) in [5, 5.41) is 11.4. The van der Waals surface area contributed by atoms with Gasteiger partial charge in [0.2, 0.25) is 0 Å². The highest BCUT2D eigenvalue weighted by molar-refractivity contribution is 7.90. The molecule has 0 radical (unpaired) electrons. The lowest BCUT2D eigenvalue weighted by molar-refractivity contribution is -0.385. The number of nitrogens with zero attached hydrogens (tertiary/aromatic N) is 1. The second-order valence-electron chi connectivity index (χ2n) is 6.97. The Morgan fingerprint density at radius 2 is 1.32 bits per heavy atom. The van der Waals surface area contributed by atoms with Crippen molar-refractivity contribution in [3.63, 3.8) is 0 Å². The predicted molar refractivity (Wildman–Crippen MR) is 114 cm³/mol. The molecule has 0 aliphatic carbocycles. The Bertz CT molecular complexity index is 1330. The second-order valence-corrected chi connectivity index (χ2v) is 10.5. The fraction of sp³-hybridized carbons (Fsp3) is 0.143. The number of rotatable bonds is 7. The van der Waals surface area contributed by atoms with Gasteiger partial charge in [0.1, 0.15) is 10.6 Å². The van der Waals surface area contributed by atoms with E-state index in [2.05, 4.69) is 0 Å². The van der Waals surface area contributed by atoms with Gasteiger partial charge in [0, 0.05) is 11.6 Å². The predicted octanol–water partition coefficient (Wildman–Crippen LogP) is 3.95. The van der Waals surface area contributed by atoms with Crippen LogP contribution in [0.4, 0.5) is 5.69 Å². The van der Waals surface area contributed by atoms with Crippen LogP contribution < -0.4 is 4.18 Å². The van der Waals surface area contributed by atoms with Crippen LogP contribution in [0, 0.1) is 24.0 Å². The maximum atomic E-state index is 12.8. The zero-order valence-electron chi connectivity index (χ0n) is 16.7. The number of nitro benzene ring substituents is 1. The molecule has 3 aromatic rings. The van der Waals surface area contributed by atoms with E-state index in [1.807, 2.05) is 0 Å². The summed E-state index contributed by atoms with van der Waals surface area (Å²) < 4.78 is 55.6. The lowest BCUT2D eigenvalue weighted by Gasteiger charge is -2.10. The van der Waals surface area contributed by atoms with Gasteiger partial charge in [-0.15, -0.1) is 0 Å². The van der Waals surface area contributed by atoms with Gasteiger partial charge in [-0.3, -0.25) is 10.1 Å². The summed E-state index contributed by atoms with van der Waals surface area (Å²) in [5.74, 6) is -0.908. The van der Waals surface area contributed by atoms with Crippen molar-refractivity contribution in [2.24, 2.45) is 0 Å². The van der Waals surface area contributed by atoms with E-state index in [1.54, 1.807) is 38.1 Å². The van der Waals surface area contributed by atoms with E-state index in [4.69, 9.17) is 4.18 Å². The highest BCUT2D eigenvalue weighted by Gasteiger charge is 2.24. The first kappa shape index (κ1) is 22.4. The van der Waals surface area contributed by atoms with Crippen LogP contribution in [0.5, 0.6) is 5.75 Å². The molecule has 0 atom stereocenters. The summed E-state index contributed by atoms with van der Waals surface area (Å²) in [6.45, 7) is 3.60. The molecule has 3 aromatic carbocycles. The number of sulfone groups is 1. The molecule has 3 rings (SSSR count). The molecule has 0 heterocycles. The third kappa shape index (κ3) is 5.28. The van der Waals surface area contributed by atoms with Crippen LogP contribution in [0.2, 0.25) is 0 Å². The van der Waals surface area contributed by atoms with Gasteiger partial charge in [-0.2, -0.15) is 8.42 Å². The Morgan fingerprint density at radius 1 is 0.806 bits per heavy atom. The van der Waals surface area contributed by atoms with Crippen LogP contribution in [0.25, 0.3) is 0 Å². The fourth-order valence-electron chi connectivity index (χ4n) is 2.82. The van der Waals surface area contributed by atoms with Gasteiger partial charge in [0.15, 0.2) is 9.84 Å². The lowest BCUT2D eigenvalue weighted by Crippen LogP contribution is -2.11. The van der Waals surface area contributed by atoms with E-state index in [0.717, 1.165) is 29.3 Å². The average Bonchev–Trinajstić information content (AvgIpc) is 2.68. The van der Waals surface area contributed by atoms with Gasteiger partial charge in [-0.1, -0.05) is 35.4 Å². The Morgan fingerprint density at radius 3 is 1.84 bits per heavy atom. The number of hydrogen-bond donors (Lipinski definition) is 0. The lowest BCUT2D eigenvalue weighted by atomic mass is 10.2. The Hall–Kier alpha value is -3.24. The quantitative estimate of drug-likeness (QED) is 0.297. The number of benzene rings is 3. The smallest absolute Gasteiger partial charge is 0.339 e. The van der Waals surface area contributed by atoms with E-state index in [-0.39, 0.29) is 21.1 Å². The topological polar surface area (TPSA) is 121 Å². The minimum absolute atomic E-state index is 0.00555. The molecule has 0 bridgehead atoms. The van der Waals surface area contributed by atoms with Crippen molar-refractivity contribution in [1.29, 1.82) is 0 Å². The minimum atomic E-state index is -4.20. The van der Waals surface area contributed by atoms with Gasteiger partial charge in [0.25, 0.3) is 5.69 Å². The molecule has 0 unspecified atom stereocenters. The first-order valence-electron chi connectivity index (χ1n) is 9.06. The van der Waals surface area contributed by atoms with Gasteiger partial charge in [-0.05, 0) is 50.2 Å². The van der Waals surface area contributed by atoms with Crippen molar-refractivity contribution in [1.82, 2.24) is 0 Å². The molecule has 0 aliphatic heterocycles. The SMILES string of the molecule is Cc1ccc(S(=O)(=O)Cc2cc(OS(=O)(=O)c3ccc(C)cc3)ccc2[N+](=O)[O-])cc1. The summed E-state index contributed by atoms with van der Waals surface area (Å²) in [5.41, 5.74) is 1.09. The highest BCUT2D eigenvalue weighted by Crippen LogP contribution is 2.29. The molecule has 0 amide bonds. The third-order valence-electron chi connectivity index (χ3n) is 4.49. The van der Waals surface area contributed by atoms with E-state index in [0.29, 0.717) is 0 Å². The molecule has 162 valence electrons. The van der Waals surface area contributed by atoms with Crippen molar-refractivity contribution >= 4 is 25.6 Å². The van der Waals surface area contributed by atoms with Gasteiger partial charge < -0.3 is 4.18 Å². The van der Waals surface area contributed by atoms with Crippen molar-refractivity contribution in [2.75, 3.05) is 0 Å². The van der Waals surface area contributed by atoms with Gasteiger partial charge in [0.05, 0.1) is 15.6 Å². The molecular weight excluding hydrogens is 442 g/mol. The van der Waals surface area contributed by atoms with E-state index in [9.17, 15) is 26.9 Å². The maximum absolute atomic E-state index is 12.8. The monoisotopic (exact) mass is 461 g/mol. The zero-order chi connectivity index (χ0) is 22.8. The Kier molecular flexibility index (Phi) is 6.14. The van der Waals surface area contributed by atoms with Gasteiger partial charge in [-0.25, -0.2) is 8.42 Å². The summed E-state index contributed by atoms with van der Waals surface area (Å²) in [6.07, 6.45) is 0. The third-order valence-corrected chi connectivity index (χ3v) is 7.43. The maximum Gasteiger partial charge on any atom is 0.339 e. The molecule has 0 fully saturated rings. The molecule has 10 heteroatoms.